The molecule has 2 amide bonds. The first-order chi connectivity index (χ1) is 11.7. The van der Waals surface area contributed by atoms with Crippen LogP contribution in [0.2, 0.25) is 0 Å². The molecule has 25 heavy (non-hydrogen) atoms. The predicted molar refractivity (Wildman–Crippen MR) is 91.7 cm³/mol. The third-order valence-electron chi connectivity index (χ3n) is 3.54. The maximum atomic E-state index is 12.1. The minimum absolute atomic E-state index is 0.201. The Morgan fingerprint density at radius 2 is 1.64 bits per heavy atom. The molecule has 6 heteroatoms. The molecule has 0 spiro atoms. The van der Waals surface area contributed by atoms with Crippen LogP contribution in [0.25, 0.3) is 0 Å². The third-order valence-corrected chi connectivity index (χ3v) is 3.54. The maximum Gasteiger partial charge on any atom is 0.333 e. The molecule has 1 aromatic carbocycles. The number of unbranched alkanes of at least 4 members (excludes halogenated alkanes) is 1. The van der Waals surface area contributed by atoms with Gasteiger partial charge in [-0.3, -0.25) is 14.4 Å². The zero-order valence-corrected chi connectivity index (χ0v) is 14.8. The number of amides is 2. The molecule has 0 aromatic heterocycles. The molecular formula is C19H23NO5. The van der Waals surface area contributed by atoms with Crippen molar-refractivity contribution in [2.45, 2.75) is 45.6 Å². The van der Waals surface area contributed by atoms with E-state index in [0.29, 0.717) is 36.0 Å². The number of esters is 1. The van der Waals surface area contributed by atoms with Crippen LogP contribution in [0.4, 0.5) is 0 Å². The van der Waals surface area contributed by atoms with Crippen LogP contribution in [0.5, 0.6) is 0 Å². The minimum atomic E-state index is -0.547. The molecule has 0 N–H and O–H groups in total. The van der Waals surface area contributed by atoms with E-state index >= 15 is 0 Å². The van der Waals surface area contributed by atoms with Crippen LogP contribution >= 0.6 is 0 Å². The molecule has 1 aromatic rings. The Labute approximate surface area is 147 Å². The minimum Gasteiger partial charge on any atom is -0.457 e. The largest absolute Gasteiger partial charge is 0.457 e. The lowest BCUT2D eigenvalue weighted by Crippen LogP contribution is -2.30. The summed E-state index contributed by atoms with van der Waals surface area (Å²) in [5.74, 6) is -1.30. The summed E-state index contributed by atoms with van der Waals surface area (Å²) in [6.45, 7) is 9.33. The van der Waals surface area contributed by atoms with Gasteiger partial charge in [0.1, 0.15) is 5.60 Å². The molecule has 0 aliphatic carbocycles. The van der Waals surface area contributed by atoms with Crippen LogP contribution in [0.3, 0.4) is 0 Å². The van der Waals surface area contributed by atoms with Gasteiger partial charge < -0.3 is 4.74 Å². The fourth-order valence-electron chi connectivity index (χ4n) is 2.33. The quantitative estimate of drug-likeness (QED) is 0.328. The monoisotopic (exact) mass is 345 g/mol. The van der Waals surface area contributed by atoms with E-state index < -0.39 is 23.4 Å². The smallest absolute Gasteiger partial charge is 0.333 e. The molecule has 0 saturated carbocycles. The lowest BCUT2D eigenvalue weighted by molar-refractivity contribution is -0.150. The summed E-state index contributed by atoms with van der Waals surface area (Å²) >= 11 is 0. The number of imide groups is 1. The Balaban J connectivity index is 1.72. The molecule has 0 saturated heterocycles. The van der Waals surface area contributed by atoms with Crippen molar-refractivity contribution < 1.29 is 24.0 Å². The molecule has 6 nitrogen and oxygen atoms in total. The highest BCUT2D eigenvalue weighted by Crippen LogP contribution is 2.22. The average molecular weight is 345 g/mol. The number of carbonyl (C=O) groups is 3. The van der Waals surface area contributed by atoms with Crippen molar-refractivity contribution in [3.05, 3.63) is 47.5 Å². The second-order valence-electron chi connectivity index (χ2n) is 6.85. The van der Waals surface area contributed by atoms with Crippen LogP contribution < -0.4 is 0 Å². The fraction of sp³-hybridized carbons (Fsp3) is 0.421. The molecule has 1 aliphatic rings. The first-order valence-electron chi connectivity index (χ1n) is 8.22. The van der Waals surface area contributed by atoms with Gasteiger partial charge in [0.05, 0.1) is 17.7 Å². The van der Waals surface area contributed by atoms with Crippen molar-refractivity contribution in [3.8, 4) is 0 Å². The van der Waals surface area contributed by atoms with E-state index in [2.05, 4.69) is 6.58 Å². The number of hydrogen-bond donors (Lipinski definition) is 0. The van der Waals surface area contributed by atoms with E-state index in [0.717, 1.165) is 5.06 Å². The lowest BCUT2D eigenvalue weighted by atomic mass is 10.1. The van der Waals surface area contributed by atoms with Gasteiger partial charge in [-0.05, 0) is 52.2 Å². The number of hydroxylamine groups is 2. The van der Waals surface area contributed by atoms with E-state index in [4.69, 9.17) is 9.57 Å². The predicted octanol–water partition coefficient (Wildman–Crippen LogP) is 3.28. The van der Waals surface area contributed by atoms with Crippen LogP contribution in [-0.4, -0.2) is 35.1 Å². The normalized spacial score (nSPS) is 13.8. The van der Waals surface area contributed by atoms with Crippen molar-refractivity contribution in [2.24, 2.45) is 0 Å². The molecular weight excluding hydrogens is 322 g/mol. The summed E-state index contributed by atoms with van der Waals surface area (Å²) in [4.78, 5) is 41.3. The van der Waals surface area contributed by atoms with Crippen LogP contribution in [0, 0.1) is 0 Å². The van der Waals surface area contributed by atoms with E-state index in [-0.39, 0.29) is 6.61 Å². The summed E-state index contributed by atoms with van der Waals surface area (Å²) in [6.07, 6.45) is 1.69. The van der Waals surface area contributed by atoms with Gasteiger partial charge in [0.2, 0.25) is 0 Å². The third kappa shape index (κ3) is 4.76. The topological polar surface area (TPSA) is 72.9 Å². The number of ether oxygens (including phenoxy) is 1. The highest BCUT2D eigenvalue weighted by molar-refractivity contribution is 6.20. The first-order valence-corrected chi connectivity index (χ1v) is 8.22. The van der Waals surface area contributed by atoms with Crippen LogP contribution in [0.1, 0.15) is 60.7 Å². The molecule has 1 heterocycles. The Morgan fingerprint density at radius 1 is 1.08 bits per heavy atom. The Bertz CT molecular complexity index is 667. The van der Waals surface area contributed by atoms with Gasteiger partial charge in [0.15, 0.2) is 0 Å². The van der Waals surface area contributed by atoms with Crippen molar-refractivity contribution in [1.82, 2.24) is 5.06 Å². The molecule has 0 unspecified atom stereocenters. The van der Waals surface area contributed by atoms with E-state index in [1.165, 1.54) is 0 Å². The van der Waals surface area contributed by atoms with Crippen LogP contribution in [0.15, 0.2) is 36.4 Å². The molecule has 0 fully saturated rings. The number of benzene rings is 1. The van der Waals surface area contributed by atoms with Crippen molar-refractivity contribution in [1.29, 1.82) is 0 Å². The molecule has 0 atom stereocenters. The average Bonchev–Trinajstić information content (AvgIpc) is 2.78. The lowest BCUT2D eigenvalue weighted by Gasteiger charge is -2.20. The van der Waals surface area contributed by atoms with Gasteiger partial charge in [-0.2, -0.15) is 0 Å². The van der Waals surface area contributed by atoms with Gasteiger partial charge in [0, 0.05) is 5.57 Å². The highest BCUT2D eigenvalue weighted by atomic mass is 16.7. The standard InChI is InChI=1S/C19H23NO5/c1-13(18(23)25-19(2,3)4)9-7-8-12-24-20-16(21)14-10-5-6-11-15(14)17(20)22/h5-6,10-11H,1,7-9,12H2,2-4H3. The molecule has 0 radical (unpaired) electrons. The zero-order chi connectivity index (χ0) is 18.6. The van der Waals surface area contributed by atoms with Gasteiger partial charge in [-0.25, -0.2) is 4.79 Å². The van der Waals surface area contributed by atoms with Gasteiger partial charge in [0.25, 0.3) is 11.8 Å². The SMILES string of the molecule is C=C(CCCCON1C(=O)c2ccccc2C1=O)C(=O)OC(C)(C)C. The second-order valence-corrected chi connectivity index (χ2v) is 6.85. The Kier molecular flexibility index (Phi) is 5.74. The maximum absolute atomic E-state index is 12.1. The molecule has 1 aliphatic heterocycles. The molecule has 0 bridgehead atoms. The number of nitrogens with zero attached hydrogens (tertiary/aromatic N) is 1. The van der Waals surface area contributed by atoms with Crippen molar-refractivity contribution >= 4 is 17.8 Å². The van der Waals surface area contributed by atoms with Gasteiger partial charge in [-0.15, -0.1) is 5.06 Å². The number of hydrogen-bond acceptors (Lipinski definition) is 5. The number of fused-ring (bicyclic) bond motifs is 1. The number of carbonyl (C=O) groups excluding carboxylic acids is 3. The van der Waals surface area contributed by atoms with E-state index in [1.54, 1.807) is 45.0 Å². The molecule has 134 valence electrons. The van der Waals surface area contributed by atoms with Crippen LogP contribution in [-0.2, 0) is 14.4 Å². The van der Waals surface area contributed by atoms with E-state index in [1.807, 2.05) is 0 Å². The summed E-state index contributed by atoms with van der Waals surface area (Å²) in [7, 11) is 0. The molecule has 2 rings (SSSR count). The van der Waals surface area contributed by atoms with Gasteiger partial charge in [-0.1, -0.05) is 18.7 Å². The Hall–Kier alpha value is -2.47. The van der Waals surface area contributed by atoms with Crippen molar-refractivity contribution in [3.63, 3.8) is 0 Å². The summed E-state index contributed by atoms with van der Waals surface area (Å²) in [6, 6.07) is 6.61. The number of rotatable bonds is 7. The van der Waals surface area contributed by atoms with Crippen molar-refractivity contribution in [2.75, 3.05) is 6.61 Å². The fourth-order valence-corrected chi connectivity index (χ4v) is 2.33. The highest BCUT2D eigenvalue weighted by Gasteiger charge is 2.36. The second kappa shape index (κ2) is 7.61. The summed E-state index contributed by atoms with van der Waals surface area (Å²) < 4.78 is 5.23. The first kappa shape index (κ1) is 18.9. The zero-order valence-electron chi connectivity index (χ0n) is 14.8. The summed E-state index contributed by atoms with van der Waals surface area (Å²) in [5, 5.41) is 0.799. The Morgan fingerprint density at radius 3 is 2.16 bits per heavy atom. The summed E-state index contributed by atoms with van der Waals surface area (Å²) in [5.41, 5.74) is 0.557. The van der Waals surface area contributed by atoms with Gasteiger partial charge >= 0.3 is 5.97 Å². The van der Waals surface area contributed by atoms with E-state index in [9.17, 15) is 14.4 Å².